The van der Waals surface area contributed by atoms with Gasteiger partial charge in [0.15, 0.2) is 5.11 Å². The molecule has 0 fully saturated rings. The molecular formula is C13H10ClFN2S. The molecule has 0 aliphatic carbocycles. The van der Waals surface area contributed by atoms with Crippen molar-refractivity contribution in [3.8, 4) is 0 Å². The van der Waals surface area contributed by atoms with Crippen molar-refractivity contribution in [2.24, 2.45) is 0 Å². The van der Waals surface area contributed by atoms with Crippen LogP contribution in [-0.2, 0) is 0 Å². The van der Waals surface area contributed by atoms with Gasteiger partial charge in [0.05, 0.1) is 10.7 Å². The Morgan fingerprint density at radius 2 is 1.83 bits per heavy atom. The van der Waals surface area contributed by atoms with E-state index < -0.39 is 0 Å². The summed E-state index contributed by atoms with van der Waals surface area (Å²) in [6.07, 6.45) is 0. The number of thiocarbonyl (C=S) groups is 1. The normalized spacial score (nSPS) is 9.89. The van der Waals surface area contributed by atoms with Crippen LogP contribution in [0.3, 0.4) is 0 Å². The summed E-state index contributed by atoms with van der Waals surface area (Å²) in [5.74, 6) is -0.319. The Morgan fingerprint density at radius 3 is 2.56 bits per heavy atom. The van der Waals surface area contributed by atoms with Crippen LogP contribution in [-0.4, -0.2) is 5.11 Å². The Morgan fingerprint density at radius 1 is 1.06 bits per heavy atom. The van der Waals surface area contributed by atoms with Gasteiger partial charge in [-0.3, -0.25) is 0 Å². The van der Waals surface area contributed by atoms with Gasteiger partial charge in [-0.2, -0.15) is 0 Å². The molecule has 0 saturated carbocycles. The molecule has 0 bridgehead atoms. The molecule has 0 unspecified atom stereocenters. The van der Waals surface area contributed by atoms with Gasteiger partial charge in [0.25, 0.3) is 0 Å². The average Bonchev–Trinajstić information content (AvgIpc) is 2.32. The van der Waals surface area contributed by atoms with Gasteiger partial charge < -0.3 is 10.6 Å². The molecule has 18 heavy (non-hydrogen) atoms. The molecule has 2 aromatic carbocycles. The summed E-state index contributed by atoms with van der Waals surface area (Å²) in [7, 11) is 0. The number of nitrogens with one attached hydrogen (secondary N) is 2. The first kappa shape index (κ1) is 12.8. The van der Waals surface area contributed by atoms with Gasteiger partial charge in [-0.25, -0.2) is 4.39 Å². The minimum Gasteiger partial charge on any atom is -0.332 e. The van der Waals surface area contributed by atoms with Crippen molar-refractivity contribution in [3.63, 3.8) is 0 Å². The van der Waals surface area contributed by atoms with E-state index in [1.165, 1.54) is 12.1 Å². The Balaban J connectivity index is 2.03. The molecular weight excluding hydrogens is 271 g/mol. The van der Waals surface area contributed by atoms with E-state index in [2.05, 4.69) is 10.6 Å². The van der Waals surface area contributed by atoms with Crippen molar-refractivity contribution in [1.82, 2.24) is 0 Å². The Labute approximate surface area is 115 Å². The third-order valence-corrected chi connectivity index (χ3v) is 2.74. The van der Waals surface area contributed by atoms with Crippen LogP contribution >= 0.6 is 23.8 Å². The molecule has 2 nitrogen and oxygen atoms in total. The summed E-state index contributed by atoms with van der Waals surface area (Å²) in [4.78, 5) is 0. The highest BCUT2D eigenvalue weighted by molar-refractivity contribution is 7.80. The van der Waals surface area contributed by atoms with Crippen LogP contribution in [0.15, 0.2) is 48.5 Å². The second-order valence-electron chi connectivity index (χ2n) is 3.57. The highest BCUT2D eigenvalue weighted by atomic mass is 35.5. The molecule has 0 saturated heterocycles. The summed E-state index contributed by atoms with van der Waals surface area (Å²) >= 11 is 11.1. The fraction of sp³-hybridized carbons (Fsp3) is 0. The largest absolute Gasteiger partial charge is 0.332 e. The van der Waals surface area contributed by atoms with E-state index in [1.54, 1.807) is 18.2 Å². The number of benzene rings is 2. The van der Waals surface area contributed by atoms with Crippen molar-refractivity contribution in [2.75, 3.05) is 10.6 Å². The maximum absolute atomic E-state index is 13.0. The second kappa shape index (κ2) is 5.80. The quantitative estimate of drug-likeness (QED) is 0.803. The van der Waals surface area contributed by atoms with E-state index >= 15 is 0 Å². The standard InChI is InChI=1S/C13H10ClFN2S/c14-11-6-1-2-7-12(11)17-13(18)16-10-5-3-4-9(15)8-10/h1-8H,(H2,16,17,18). The van der Waals surface area contributed by atoms with Crippen molar-refractivity contribution in [2.45, 2.75) is 0 Å². The lowest BCUT2D eigenvalue weighted by Crippen LogP contribution is -2.19. The van der Waals surface area contributed by atoms with Crippen LogP contribution in [0, 0.1) is 5.82 Å². The monoisotopic (exact) mass is 280 g/mol. The van der Waals surface area contributed by atoms with Gasteiger partial charge in [0, 0.05) is 5.69 Å². The molecule has 0 amide bonds. The Hall–Kier alpha value is -1.65. The molecule has 2 N–H and O–H groups in total. The molecule has 0 aliphatic heterocycles. The zero-order valence-electron chi connectivity index (χ0n) is 9.28. The van der Waals surface area contributed by atoms with Gasteiger partial charge in [-0.15, -0.1) is 0 Å². The van der Waals surface area contributed by atoms with Crippen LogP contribution in [0.1, 0.15) is 0 Å². The van der Waals surface area contributed by atoms with Gasteiger partial charge in [-0.1, -0.05) is 29.8 Å². The van der Waals surface area contributed by atoms with Crippen LogP contribution in [0.4, 0.5) is 15.8 Å². The molecule has 0 aromatic heterocycles. The lowest BCUT2D eigenvalue weighted by Gasteiger charge is -2.11. The summed E-state index contributed by atoms with van der Waals surface area (Å²) < 4.78 is 13.0. The summed E-state index contributed by atoms with van der Waals surface area (Å²) in [6.45, 7) is 0. The van der Waals surface area contributed by atoms with E-state index in [1.807, 2.05) is 18.2 Å². The molecule has 0 aliphatic rings. The predicted molar refractivity (Wildman–Crippen MR) is 77.7 cm³/mol. The van der Waals surface area contributed by atoms with Crippen LogP contribution in [0.2, 0.25) is 5.02 Å². The first-order valence-corrected chi connectivity index (χ1v) is 6.02. The number of anilines is 2. The van der Waals surface area contributed by atoms with Crippen molar-refractivity contribution < 1.29 is 4.39 Å². The fourth-order valence-electron chi connectivity index (χ4n) is 1.41. The van der Waals surface area contributed by atoms with Gasteiger partial charge in [0.2, 0.25) is 0 Å². The van der Waals surface area contributed by atoms with Crippen LogP contribution < -0.4 is 10.6 Å². The Kier molecular flexibility index (Phi) is 4.12. The molecule has 0 spiro atoms. The first-order chi connectivity index (χ1) is 8.65. The average molecular weight is 281 g/mol. The predicted octanol–water partition coefficient (Wildman–Crippen LogP) is 4.29. The minimum atomic E-state index is -0.319. The lowest BCUT2D eigenvalue weighted by atomic mass is 10.3. The topological polar surface area (TPSA) is 24.1 Å². The number of rotatable bonds is 2. The lowest BCUT2D eigenvalue weighted by molar-refractivity contribution is 0.628. The molecule has 0 atom stereocenters. The maximum Gasteiger partial charge on any atom is 0.175 e. The summed E-state index contributed by atoms with van der Waals surface area (Å²) in [6, 6.07) is 13.3. The SMILES string of the molecule is Fc1cccc(NC(=S)Nc2ccccc2Cl)c1. The zero-order chi connectivity index (χ0) is 13.0. The summed E-state index contributed by atoms with van der Waals surface area (Å²) in [5, 5.41) is 6.75. The molecule has 92 valence electrons. The van der Waals surface area contributed by atoms with E-state index in [0.717, 1.165) is 0 Å². The van der Waals surface area contributed by atoms with Gasteiger partial charge >= 0.3 is 0 Å². The van der Waals surface area contributed by atoms with Crippen molar-refractivity contribution in [1.29, 1.82) is 0 Å². The molecule has 5 heteroatoms. The third kappa shape index (κ3) is 3.42. The van der Waals surface area contributed by atoms with Crippen molar-refractivity contribution in [3.05, 3.63) is 59.4 Å². The van der Waals surface area contributed by atoms with E-state index in [9.17, 15) is 4.39 Å². The maximum atomic E-state index is 13.0. The third-order valence-electron chi connectivity index (χ3n) is 2.20. The smallest absolute Gasteiger partial charge is 0.175 e. The fourth-order valence-corrected chi connectivity index (χ4v) is 1.82. The number of para-hydroxylation sites is 1. The van der Waals surface area contributed by atoms with Gasteiger partial charge in [-0.05, 0) is 42.5 Å². The van der Waals surface area contributed by atoms with E-state index in [4.69, 9.17) is 23.8 Å². The van der Waals surface area contributed by atoms with Gasteiger partial charge in [0.1, 0.15) is 5.82 Å². The van der Waals surface area contributed by atoms with E-state index in [0.29, 0.717) is 21.5 Å². The molecule has 0 radical (unpaired) electrons. The molecule has 0 heterocycles. The van der Waals surface area contributed by atoms with E-state index in [-0.39, 0.29) is 5.82 Å². The van der Waals surface area contributed by atoms with Crippen molar-refractivity contribution >= 4 is 40.3 Å². The highest BCUT2D eigenvalue weighted by Crippen LogP contribution is 2.20. The number of hydrogen-bond donors (Lipinski definition) is 2. The summed E-state index contributed by atoms with van der Waals surface area (Å²) in [5.41, 5.74) is 1.28. The molecule has 2 aromatic rings. The van der Waals surface area contributed by atoms with Crippen LogP contribution in [0.25, 0.3) is 0 Å². The first-order valence-electron chi connectivity index (χ1n) is 5.23. The minimum absolute atomic E-state index is 0.319. The van der Waals surface area contributed by atoms with Crippen LogP contribution in [0.5, 0.6) is 0 Å². The zero-order valence-corrected chi connectivity index (χ0v) is 10.9. The molecule has 2 rings (SSSR count). The number of halogens is 2. The second-order valence-corrected chi connectivity index (χ2v) is 4.38. The Bertz CT molecular complexity index is 574. The highest BCUT2D eigenvalue weighted by Gasteiger charge is 2.02. The number of hydrogen-bond acceptors (Lipinski definition) is 1.